The molecule has 0 unspecified atom stereocenters. The van der Waals surface area contributed by atoms with Gasteiger partial charge in [0.25, 0.3) is 5.92 Å². The number of likely N-dealkylation sites (tertiary alicyclic amines) is 1. The molecule has 0 saturated carbocycles. The molecule has 1 saturated heterocycles. The summed E-state index contributed by atoms with van der Waals surface area (Å²) in [5.74, 6) is -3.56. The molecular formula is C7H9F2N3O. The summed E-state index contributed by atoms with van der Waals surface area (Å²) >= 11 is 0. The fourth-order valence-corrected chi connectivity index (χ4v) is 1.31. The average Bonchev–Trinajstić information content (AvgIpc) is 2.39. The highest BCUT2D eigenvalue weighted by molar-refractivity contribution is 5.79. The Hall–Kier alpha value is -1.22. The molecule has 1 aliphatic rings. The lowest BCUT2D eigenvalue weighted by atomic mass is 10.2. The van der Waals surface area contributed by atoms with Gasteiger partial charge in [-0.2, -0.15) is 5.26 Å². The van der Waals surface area contributed by atoms with E-state index in [0.717, 1.165) is 4.90 Å². The molecule has 1 fully saturated rings. The van der Waals surface area contributed by atoms with Crippen LogP contribution in [0, 0.1) is 11.3 Å². The Labute approximate surface area is 73.9 Å². The van der Waals surface area contributed by atoms with E-state index in [-0.39, 0.29) is 6.54 Å². The Bertz CT molecular complexity index is 261. The SMILES string of the molecule is N#C[C@H]1CC(F)(F)CN1C(=O)CN. The van der Waals surface area contributed by atoms with E-state index in [0.29, 0.717) is 0 Å². The lowest BCUT2D eigenvalue weighted by molar-refractivity contribution is -0.130. The molecule has 6 heteroatoms. The first-order valence-corrected chi connectivity index (χ1v) is 3.77. The van der Waals surface area contributed by atoms with Crippen molar-refractivity contribution >= 4 is 5.91 Å². The van der Waals surface area contributed by atoms with Gasteiger partial charge in [-0.15, -0.1) is 0 Å². The summed E-state index contributed by atoms with van der Waals surface area (Å²) in [4.78, 5) is 11.8. The molecule has 1 heterocycles. The fraction of sp³-hybridized carbons (Fsp3) is 0.714. The van der Waals surface area contributed by atoms with Crippen molar-refractivity contribution in [1.82, 2.24) is 4.90 Å². The van der Waals surface area contributed by atoms with Crippen LogP contribution in [0.1, 0.15) is 6.42 Å². The molecule has 1 rings (SSSR count). The van der Waals surface area contributed by atoms with Crippen molar-refractivity contribution in [1.29, 1.82) is 5.26 Å². The second-order valence-corrected chi connectivity index (χ2v) is 2.93. The van der Waals surface area contributed by atoms with E-state index in [9.17, 15) is 13.6 Å². The van der Waals surface area contributed by atoms with Crippen molar-refractivity contribution < 1.29 is 13.6 Å². The molecule has 0 aromatic heterocycles. The maximum absolute atomic E-state index is 12.7. The van der Waals surface area contributed by atoms with Crippen molar-refractivity contribution in [3.8, 4) is 6.07 Å². The quantitative estimate of drug-likeness (QED) is 0.615. The molecule has 4 nitrogen and oxygen atoms in total. The van der Waals surface area contributed by atoms with E-state index in [1.54, 1.807) is 6.07 Å². The van der Waals surface area contributed by atoms with Crippen LogP contribution in [0.15, 0.2) is 0 Å². The highest BCUT2D eigenvalue weighted by Gasteiger charge is 2.46. The highest BCUT2D eigenvalue weighted by Crippen LogP contribution is 2.31. The lowest BCUT2D eigenvalue weighted by Crippen LogP contribution is -2.39. The molecule has 0 aromatic carbocycles. The number of carbonyl (C=O) groups excluding carboxylic acids is 1. The van der Waals surface area contributed by atoms with Gasteiger partial charge in [-0.05, 0) is 0 Å². The second kappa shape index (κ2) is 3.26. The monoisotopic (exact) mass is 189 g/mol. The molecular weight excluding hydrogens is 180 g/mol. The summed E-state index contributed by atoms with van der Waals surface area (Å²) in [6.45, 7) is -1.03. The fourth-order valence-electron chi connectivity index (χ4n) is 1.31. The van der Waals surface area contributed by atoms with Crippen LogP contribution in [0.2, 0.25) is 0 Å². The maximum Gasteiger partial charge on any atom is 0.268 e. The van der Waals surface area contributed by atoms with Crippen molar-refractivity contribution in [3.63, 3.8) is 0 Å². The summed E-state index contributed by atoms with van der Waals surface area (Å²) in [5, 5.41) is 8.50. The standard InChI is InChI=1S/C7H9F2N3O/c8-7(9)1-5(2-10)12(4-7)6(13)3-11/h5H,1,3-4,11H2/t5-/m1/s1. The minimum absolute atomic E-state index is 0.339. The smallest absolute Gasteiger partial charge is 0.268 e. The van der Waals surface area contributed by atoms with Crippen LogP contribution in [0.25, 0.3) is 0 Å². The van der Waals surface area contributed by atoms with Gasteiger partial charge in [0.1, 0.15) is 6.04 Å². The Morgan fingerprint density at radius 2 is 2.38 bits per heavy atom. The van der Waals surface area contributed by atoms with Gasteiger partial charge in [-0.1, -0.05) is 0 Å². The molecule has 0 radical (unpaired) electrons. The van der Waals surface area contributed by atoms with Crippen LogP contribution in [0.3, 0.4) is 0 Å². The van der Waals surface area contributed by atoms with Crippen LogP contribution in [0.4, 0.5) is 8.78 Å². The number of hydrogen-bond acceptors (Lipinski definition) is 3. The van der Waals surface area contributed by atoms with Crippen LogP contribution in [-0.2, 0) is 4.79 Å². The maximum atomic E-state index is 12.7. The van der Waals surface area contributed by atoms with E-state index in [1.807, 2.05) is 0 Å². The van der Waals surface area contributed by atoms with Gasteiger partial charge in [0.15, 0.2) is 0 Å². The molecule has 0 bridgehead atoms. The van der Waals surface area contributed by atoms with Crippen LogP contribution < -0.4 is 5.73 Å². The summed E-state index contributed by atoms with van der Waals surface area (Å²) in [6, 6.07) is 0.618. The van der Waals surface area contributed by atoms with Crippen molar-refractivity contribution in [3.05, 3.63) is 0 Å². The van der Waals surface area contributed by atoms with E-state index >= 15 is 0 Å². The van der Waals surface area contributed by atoms with E-state index in [1.165, 1.54) is 0 Å². The van der Waals surface area contributed by atoms with Crippen molar-refractivity contribution in [2.24, 2.45) is 5.73 Å². The summed E-state index contributed by atoms with van der Waals surface area (Å²) in [7, 11) is 0. The summed E-state index contributed by atoms with van der Waals surface area (Å²) in [5.41, 5.74) is 5.01. The van der Waals surface area contributed by atoms with Gasteiger partial charge >= 0.3 is 0 Å². The normalized spacial score (nSPS) is 25.7. The predicted octanol–water partition coefficient (Wildman–Crippen LogP) is -0.295. The summed E-state index contributed by atoms with van der Waals surface area (Å²) < 4.78 is 25.5. The number of hydrogen-bond donors (Lipinski definition) is 1. The molecule has 1 aliphatic heterocycles. The highest BCUT2D eigenvalue weighted by atomic mass is 19.3. The number of halogens is 2. The molecule has 72 valence electrons. The number of nitrogens with two attached hydrogens (primary N) is 1. The van der Waals surface area contributed by atoms with Gasteiger partial charge in [0, 0.05) is 6.42 Å². The van der Waals surface area contributed by atoms with Gasteiger partial charge in [-0.3, -0.25) is 4.79 Å². The minimum atomic E-state index is -2.95. The number of alkyl halides is 2. The van der Waals surface area contributed by atoms with E-state index in [2.05, 4.69) is 0 Å². The zero-order valence-electron chi connectivity index (χ0n) is 6.83. The third-order valence-corrected chi connectivity index (χ3v) is 1.91. The molecule has 1 atom stereocenters. The number of amides is 1. The first kappa shape index (κ1) is 9.86. The predicted molar refractivity (Wildman–Crippen MR) is 39.7 cm³/mol. The van der Waals surface area contributed by atoms with Crippen molar-refractivity contribution in [2.45, 2.75) is 18.4 Å². The number of carbonyl (C=O) groups is 1. The molecule has 0 spiro atoms. The molecule has 2 N–H and O–H groups in total. The zero-order chi connectivity index (χ0) is 10.1. The molecule has 0 aliphatic carbocycles. The topological polar surface area (TPSA) is 70.1 Å². The lowest BCUT2D eigenvalue weighted by Gasteiger charge is -2.17. The Morgan fingerprint density at radius 3 is 2.85 bits per heavy atom. The minimum Gasteiger partial charge on any atom is -0.322 e. The van der Waals surface area contributed by atoms with Gasteiger partial charge in [0.05, 0.1) is 19.2 Å². The van der Waals surface area contributed by atoms with Gasteiger partial charge < -0.3 is 10.6 Å². The van der Waals surface area contributed by atoms with E-state index < -0.39 is 30.8 Å². The number of nitriles is 1. The molecule has 1 amide bonds. The van der Waals surface area contributed by atoms with Crippen LogP contribution >= 0.6 is 0 Å². The first-order chi connectivity index (χ1) is 6.00. The zero-order valence-corrected chi connectivity index (χ0v) is 6.83. The van der Waals surface area contributed by atoms with E-state index in [4.69, 9.17) is 11.0 Å². The first-order valence-electron chi connectivity index (χ1n) is 3.77. The second-order valence-electron chi connectivity index (χ2n) is 2.93. The Kier molecular flexibility index (Phi) is 2.48. The average molecular weight is 189 g/mol. The molecule has 13 heavy (non-hydrogen) atoms. The third-order valence-electron chi connectivity index (χ3n) is 1.91. The van der Waals surface area contributed by atoms with Gasteiger partial charge in [0.2, 0.25) is 5.91 Å². The number of nitrogens with zero attached hydrogens (tertiary/aromatic N) is 2. The summed E-state index contributed by atoms with van der Waals surface area (Å²) in [6.07, 6.45) is -0.588. The Morgan fingerprint density at radius 1 is 1.77 bits per heavy atom. The van der Waals surface area contributed by atoms with Crippen LogP contribution in [-0.4, -0.2) is 35.9 Å². The van der Waals surface area contributed by atoms with Gasteiger partial charge in [-0.25, -0.2) is 8.78 Å². The Balaban J connectivity index is 2.76. The largest absolute Gasteiger partial charge is 0.322 e. The number of rotatable bonds is 1. The van der Waals surface area contributed by atoms with Crippen LogP contribution in [0.5, 0.6) is 0 Å². The van der Waals surface area contributed by atoms with Crippen molar-refractivity contribution in [2.75, 3.05) is 13.1 Å². The third kappa shape index (κ3) is 1.92. The molecule has 0 aromatic rings.